The highest BCUT2D eigenvalue weighted by Gasteiger charge is 2.30. The van der Waals surface area contributed by atoms with E-state index in [1.165, 1.54) is 0 Å². The van der Waals surface area contributed by atoms with Crippen molar-refractivity contribution in [2.75, 3.05) is 31.2 Å². The van der Waals surface area contributed by atoms with E-state index in [9.17, 15) is 9.59 Å². The third kappa shape index (κ3) is 3.30. The van der Waals surface area contributed by atoms with Crippen molar-refractivity contribution in [3.05, 3.63) is 62.5 Å². The molecule has 3 aromatic rings. The second kappa shape index (κ2) is 7.24. The molecule has 8 heteroatoms. The summed E-state index contributed by atoms with van der Waals surface area (Å²) < 4.78 is 5.36. The Morgan fingerprint density at radius 3 is 2.62 bits per heavy atom. The Kier molecular flexibility index (Phi) is 4.56. The van der Waals surface area contributed by atoms with Gasteiger partial charge in [0, 0.05) is 36.3 Å². The van der Waals surface area contributed by atoms with Crippen LogP contribution < -0.4 is 10.5 Å². The Balaban J connectivity index is 1.59. The topological polar surface area (TPSA) is 88.2 Å². The van der Waals surface area contributed by atoms with Crippen LogP contribution in [0.3, 0.4) is 0 Å². The summed E-state index contributed by atoms with van der Waals surface area (Å²) in [6.07, 6.45) is 2.54. The van der Waals surface area contributed by atoms with Gasteiger partial charge in [-0.2, -0.15) is 4.98 Å². The number of H-pyrrole nitrogens is 1. The number of fused-ring (bicyclic) bond motifs is 3. The number of nitrogens with one attached hydrogen (secondary N) is 1. The lowest BCUT2D eigenvalue weighted by Gasteiger charge is -2.28. The maximum absolute atomic E-state index is 13.0. The zero-order chi connectivity index (χ0) is 20.0. The second-order valence-electron chi connectivity index (χ2n) is 7.42. The standard InChI is InChI=1S/C21H19ClN4O3/c22-14-3-1-12(2-4-14)13-9-15-16(17(27)10-13)11-23-19-18(15)20(28)25-21(24-19)26-5-7-29-8-6-26/h1-4,11,13H,5-10H2,(H,23,24,25,28)/t13-/m1/s1. The zero-order valence-corrected chi connectivity index (χ0v) is 16.4. The van der Waals surface area contributed by atoms with E-state index in [4.69, 9.17) is 16.3 Å². The van der Waals surface area contributed by atoms with Crippen molar-refractivity contribution in [2.24, 2.45) is 0 Å². The molecule has 29 heavy (non-hydrogen) atoms. The molecule has 3 heterocycles. The van der Waals surface area contributed by atoms with Gasteiger partial charge in [0.05, 0.1) is 18.6 Å². The van der Waals surface area contributed by atoms with Crippen molar-refractivity contribution in [3.8, 4) is 0 Å². The molecular formula is C21H19ClN4O3. The quantitative estimate of drug-likeness (QED) is 0.698. The Hall–Kier alpha value is -2.77. The molecule has 2 aromatic heterocycles. The number of halogens is 1. The van der Waals surface area contributed by atoms with E-state index in [-0.39, 0.29) is 17.3 Å². The van der Waals surface area contributed by atoms with Crippen LogP contribution in [0.1, 0.15) is 33.8 Å². The summed E-state index contributed by atoms with van der Waals surface area (Å²) in [6.45, 7) is 2.51. The van der Waals surface area contributed by atoms with Gasteiger partial charge in [0.15, 0.2) is 11.4 Å². The highest BCUT2D eigenvalue weighted by molar-refractivity contribution is 6.30. The van der Waals surface area contributed by atoms with Crippen LogP contribution in [0.5, 0.6) is 0 Å². The van der Waals surface area contributed by atoms with Gasteiger partial charge in [-0.05, 0) is 35.6 Å². The molecule has 148 valence electrons. The van der Waals surface area contributed by atoms with E-state index >= 15 is 0 Å². The summed E-state index contributed by atoms with van der Waals surface area (Å²) in [5, 5.41) is 1.06. The maximum Gasteiger partial charge on any atom is 0.262 e. The first-order chi connectivity index (χ1) is 14.1. The molecule has 0 saturated carbocycles. The number of ether oxygens (including phenoxy) is 1. The van der Waals surface area contributed by atoms with Gasteiger partial charge in [0.1, 0.15) is 0 Å². The number of aromatic nitrogens is 3. The van der Waals surface area contributed by atoms with Crippen molar-refractivity contribution in [2.45, 2.75) is 18.8 Å². The highest BCUT2D eigenvalue weighted by atomic mass is 35.5. The number of anilines is 1. The predicted molar refractivity (Wildman–Crippen MR) is 110 cm³/mol. The lowest BCUT2D eigenvalue weighted by Crippen LogP contribution is -2.38. The fourth-order valence-corrected chi connectivity index (χ4v) is 4.28. The van der Waals surface area contributed by atoms with E-state index in [0.717, 1.165) is 11.1 Å². The molecule has 0 unspecified atom stereocenters. The van der Waals surface area contributed by atoms with E-state index in [0.29, 0.717) is 66.7 Å². The summed E-state index contributed by atoms with van der Waals surface area (Å²) in [6, 6.07) is 7.52. The number of morpholine rings is 1. The SMILES string of the molecule is O=C1C[C@H](c2ccc(Cl)cc2)Cc2c1cnc1nc(N3CCOCC3)[nH]c(=O)c21. The monoisotopic (exact) mass is 410 g/mol. The Bertz CT molecular complexity index is 1150. The molecule has 0 radical (unpaired) electrons. The smallest absolute Gasteiger partial charge is 0.262 e. The van der Waals surface area contributed by atoms with Gasteiger partial charge in [-0.1, -0.05) is 23.7 Å². The minimum atomic E-state index is -0.259. The van der Waals surface area contributed by atoms with E-state index in [1.807, 2.05) is 29.2 Å². The van der Waals surface area contributed by atoms with Crippen molar-refractivity contribution in [1.29, 1.82) is 0 Å². The first-order valence-electron chi connectivity index (χ1n) is 9.63. The number of aromatic amines is 1. The summed E-state index contributed by atoms with van der Waals surface area (Å²) >= 11 is 6.00. The van der Waals surface area contributed by atoms with Crippen LogP contribution in [0.15, 0.2) is 35.3 Å². The second-order valence-corrected chi connectivity index (χ2v) is 7.85. The fraction of sp³-hybridized carbons (Fsp3) is 0.333. The molecule has 1 N–H and O–H groups in total. The maximum atomic E-state index is 13.0. The molecule has 0 bridgehead atoms. The zero-order valence-electron chi connectivity index (χ0n) is 15.7. The third-order valence-corrected chi connectivity index (χ3v) is 5.92. The number of pyridine rings is 1. The molecule has 1 saturated heterocycles. The number of hydrogen-bond donors (Lipinski definition) is 1. The van der Waals surface area contributed by atoms with Crippen LogP contribution in [-0.4, -0.2) is 47.0 Å². The summed E-state index contributed by atoms with van der Waals surface area (Å²) in [4.78, 5) is 39.6. The summed E-state index contributed by atoms with van der Waals surface area (Å²) in [7, 11) is 0. The normalized spacial score (nSPS) is 19.4. The molecule has 2 aliphatic rings. The summed E-state index contributed by atoms with van der Waals surface area (Å²) in [5.74, 6) is 0.489. The molecule has 7 nitrogen and oxygen atoms in total. The molecule has 1 fully saturated rings. The minimum absolute atomic E-state index is 0.00254. The lowest BCUT2D eigenvalue weighted by molar-refractivity contribution is 0.0964. The molecule has 0 amide bonds. The van der Waals surface area contributed by atoms with Gasteiger partial charge in [-0.15, -0.1) is 0 Å². The first-order valence-corrected chi connectivity index (χ1v) is 10.0. The van der Waals surface area contributed by atoms with Gasteiger partial charge in [0.25, 0.3) is 5.56 Å². The van der Waals surface area contributed by atoms with Crippen LogP contribution in [0.2, 0.25) is 5.02 Å². The Labute approximate surface area is 171 Å². The molecule has 1 aromatic carbocycles. The van der Waals surface area contributed by atoms with Gasteiger partial charge in [-0.25, -0.2) is 4.98 Å². The Morgan fingerprint density at radius 1 is 1.10 bits per heavy atom. The van der Waals surface area contributed by atoms with Gasteiger partial charge < -0.3 is 9.64 Å². The van der Waals surface area contributed by atoms with Gasteiger partial charge >= 0.3 is 0 Å². The molecule has 1 aliphatic carbocycles. The van der Waals surface area contributed by atoms with E-state index in [2.05, 4.69) is 15.0 Å². The number of rotatable bonds is 2. The average molecular weight is 411 g/mol. The summed E-state index contributed by atoms with van der Waals surface area (Å²) in [5.41, 5.74) is 2.40. The largest absolute Gasteiger partial charge is 0.378 e. The van der Waals surface area contributed by atoms with Crippen molar-refractivity contribution >= 4 is 34.4 Å². The van der Waals surface area contributed by atoms with Crippen LogP contribution in [0, 0.1) is 0 Å². The van der Waals surface area contributed by atoms with Crippen molar-refractivity contribution in [1.82, 2.24) is 15.0 Å². The first kappa shape index (κ1) is 18.3. The van der Waals surface area contributed by atoms with Crippen molar-refractivity contribution < 1.29 is 9.53 Å². The van der Waals surface area contributed by atoms with Crippen molar-refractivity contribution in [3.63, 3.8) is 0 Å². The van der Waals surface area contributed by atoms with Gasteiger partial charge in [0.2, 0.25) is 5.95 Å². The average Bonchev–Trinajstić information content (AvgIpc) is 2.74. The predicted octanol–water partition coefficient (Wildman–Crippen LogP) is 2.72. The Morgan fingerprint density at radius 2 is 1.86 bits per heavy atom. The number of nitrogens with zero attached hydrogens (tertiary/aromatic N) is 3. The number of Topliss-reactive ketones (excluding diaryl/α,β-unsaturated/α-hetero) is 1. The van der Waals surface area contributed by atoms with Gasteiger partial charge in [-0.3, -0.25) is 14.6 Å². The fourth-order valence-electron chi connectivity index (χ4n) is 4.15. The lowest BCUT2D eigenvalue weighted by atomic mass is 9.79. The van der Waals surface area contributed by atoms with Crippen LogP contribution >= 0.6 is 11.6 Å². The number of carbonyl (C=O) groups is 1. The molecule has 1 aliphatic heterocycles. The molecular weight excluding hydrogens is 392 g/mol. The number of benzene rings is 1. The number of ketones is 1. The minimum Gasteiger partial charge on any atom is -0.378 e. The van der Waals surface area contributed by atoms with Crippen LogP contribution in [0.4, 0.5) is 5.95 Å². The third-order valence-electron chi connectivity index (χ3n) is 5.67. The number of carbonyl (C=O) groups excluding carboxylic acids is 1. The molecule has 0 spiro atoms. The van der Waals surface area contributed by atoms with Crippen LogP contribution in [-0.2, 0) is 11.2 Å². The van der Waals surface area contributed by atoms with E-state index < -0.39 is 0 Å². The number of hydrogen-bond acceptors (Lipinski definition) is 6. The molecule has 1 atom stereocenters. The van der Waals surface area contributed by atoms with Crippen LogP contribution in [0.25, 0.3) is 11.0 Å². The molecule has 5 rings (SSSR count). The highest BCUT2D eigenvalue weighted by Crippen LogP contribution is 2.35. The van der Waals surface area contributed by atoms with E-state index in [1.54, 1.807) is 6.20 Å².